The van der Waals surface area contributed by atoms with Crippen LogP contribution < -0.4 is 14.8 Å². The molecule has 4 rings (SSSR count). The molecule has 2 atom stereocenters. The van der Waals surface area contributed by atoms with E-state index in [0.29, 0.717) is 31.1 Å². The first-order valence-electron chi connectivity index (χ1n) is 11.7. The molecule has 0 aliphatic carbocycles. The van der Waals surface area contributed by atoms with Crippen molar-refractivity contribution in [2.75, 3.05) is 20.8 Å². The number of hydrogen-bond donors (Lipinski definition) is 2. The van der Waals surface area contributed by atoms with Crippen molar-refractivity contribution in [3.63, 3.8) is 0 Å². The van der Waals surface area contributed by atoms with E-state index in [9.17, 15) is 14.7 Å². The summed E-state index contributed by atoms with van der Waals surface area (Å²) in [5.41, 5.74) is 2.36. The zero-order valence-corrected chi connectivity index (χ0v) is 20.6. The monoisotopic (exact) mass is 494 g/mol. The Kier molecular flexibility index (Phi) is 7.54. The molecule has 3 aromatic rings. The summed E-state index contributed by atoms with van der Waals surface area (Å²) in [5, 5.41) is 16.5. The topological polar surface area (TPSA) is 125 Å². The third kappa shape index (κ3) is 5.49. The maximum absolute atomic E-state index is 12.6. The fourth-order valence-electron chi connectivity index (χ4n) is 4.36. The van der Waals surface area contributed by atoms with Gasteiger partial charge in [-0.3, -0.25) is 4.79 Å². The minimum Gasteiger partial charge on any atom is -0.496 e. The van der Waals surface area contributed by atoms with Crippen LogP contribution in [0.2, 0.25) is 0 Å². The van der Waals surface area contributed by atoms with Crippen LogP contribution in [0.15, 0.2) is 49.1 Å². The van der Waals surface area contributed by atoms with Crippen LogP contribution in [-0.4, -0.2) is 64.2 Å². The Morgan fingerprint density at radius 3 is 2.39 bits per heavy atom. The molecule has 10 heteroatoms. The number of nitrogens with one attached hydrogen (secondary N) is 1. The molecule has 36 heavy (non-hydrogen) atoms. The Labute approximate surface area is 209 Å². The molecule has 0 bridgehead atoms. The van der Waals surface area contributed by atoms with E-state index in [2.05, 4.69) is 15.4 Å². The minimum absolute atomic E-state index is 0.141. The smallest absolute Gasteiger partial charge is 0.326 e. The highest BCUT2D eigenvalue weighted by Gasteiger charge is 2.39. The van der Waals surface area contributed by atoms with E-state index >= 15 is 0 Å². The molecular weight excluding hydrogens is 464 g/mol. The van der Waals surface area contributed by atoms with Crippen molar-refractivity contribution in [2.24, 2.45) is 0 Å². The van der Waals surface area contributed by atoms with E-state index in [0.717, 1.165) is 28.7 Å². The van der Waals surface area contributed by atoms with Crippen molar-refractivity contribution in [1.29, 1.82) is 0 Å². The van der Waals surface area contributed by atoms with Crippen LogP contribution in [-0.2, 0) is 27.3 Å². The lowest BCUT2D eigenvalue weighted by molar-refractivity contribution is -0.147. The first-order chi connectivity index (χ1) is 17.3. The number of carbonyl (C=O) groups excluding carboxylic acids is 1. The molecule has 10 nitrogen and oxygen atoms in total. The Hall–Kier alpha value is -3.92. The highest BCUT2D eigenvalue weighted by atomic mass is 16.5. The fourth-order valence-corrected chi connectivity index (χ4v) is 4.36. The van der Waals surface area contributed by atoms with Crippen LogP contribution in [0.5, 0.6) is 11.5 Å². The quantitative estimate of drug-likeness (QED) is 0.441. The molecule has 0 saturated carbocycles. The van der Waals surface area contributed by atoms with E-state index in [-0.39, 0.29) is 6.42 Å². The van der Waals surface area contributed by atoms with Crippen molar-refractivity contribution in [2.45, 2.75) is 44.4 Å². The predicted octanol–water partition coefficient (Wildman–Crippen LogP) is 2.69. The Bertz CT molecular complexity index is 1180. The Balaban J connectivity index is 1.53. The van der Waals surface area contributed by atoms with Crippen LogP contribution in [0.1, 0.15) is 30.9 Å². The van der Waals surface area contributed by atoms with Gasteiger partial charge in [0.05, 0.1) is 26.3 Å². The summed E-state index contributed by atoms with van der Waals surface area (Å²) in [6, 6.07) is 10.2. The number of amides is 1. The average Bonchev–Trinajstić information content (AvgIpc) is 3.56. The standard InChI is InChI=1S/C26H30N4O6/c1-26(9-4-10-36-26)25(33)29-20(24(31)32)11-17-5-7-19(8-6-17)23-21(34-2)12-18(13-22(23)35-3)14-30-16-27-15-28-30/h5-8,12-13,15-16,20H,4,9-11,14H2,1-3H3,(H,29,33)(H,31,32)/t20-,26+/m0/s1. The summed E-state index contributed by atoms with van der Waals surface area (Å²) < 4.78 is 18.6. The second-order valence-electron chi connectivity index (χ2n) is 8.92. The van der Waals surface area contributed by atoms with Gasteiger partial charge in [-0.1, -0.05) is 24.3 Å². The van der Waals surface area contributed by atoms with Gasteiger partial charge < -0.3 is 24.6 Å². The minimum atomic E-state index is -1.10. The van der Waals surface area contributed by atoms with Gasteiger partial charge in [0.15, 0.2) is 0 Å². The molecule has 0 radical (unpaired) electrons. The number of carbonyl (C=O) groups is 2. The lowest BCUT2D eigenvalue weighted by atomic mass is 9.97. The van der Waals surface area contributed by atoms with Gasteiger partial charge in [-0.25, -0.2) is 14.5 Å². The molecule has 2 aromatic carbocycles. The summed E-state index contributed by atoms with van der Waals surface area (Å²) in [6.07, 6.45) is 4.61. The lowest BCUT2D eigenvalue weighted by Crippen LogP contribution is -2.51. The molecule has 2 N–H and O–H groups in total. The van der Waals surface area contributed by atoms with E-state index in [4.69, 9.17) is 14.2 Å². The zero-order chi connectivity index (χ0) is 25.7. The van der Waals surface area contributed by atoms with Gasteiger partial charge in [0.25, 0.3) is 5.91 Å². The summed E-state index contributed by atoms with van der Waals surface area (Å²) in [6.45, 7) is 2.71. The summed E-state index contributed by atoms with van der Waals surface area (Å²) in [5.74, 6) is -0.222. The number of methoxy groups -OCH3 is 2. The van der Waals surface area contributed by atoms with Crippen molar-refractivity contribution in [1.82, 2.24) is 20.1 Å². The number of nitrogens with zero attached hydrogens (tertiary/aromatic N) is 3. The van der Waals surface area contributed by atoms with E-state index in [1.165, 1.54) is 6.33 Å². The molecule has 1 fully saturated rings. The fraction of sp³-hybridized carbons (Fsp3) is 0.385. The molecule has 190 valence electrons. The number of ether oxygens (including phenoxy) is 3. The SMILES string of the molecule is COc1cc(Cn2cncn2)cc(OC)c1-c1ccc(C[C@H](NC(=O)[C@@]2(C)CCCO2)C(=O)O)cc1. The molecule has 1 saturated heterocycles. The van der Waals surface area contributed by atoms with Crippen LogP contribution in [0.25, 0.3) is 11.1 Å². The van der Waals surface area contributed by atoms with Gasteiger partial charge in [0.2, 0.25) is 0 Å². The van der Waals surface area contributed by atoms with E-state index in [1.54, 1.807) is 32.2 Å². The first kappa shape index (κ1) is 25.2. The molecule has 0 unspecified atom stereocenters. The average molecular weight is 495 g/mol. The number of carboxylic acid groups (broad SMARTS) is 1. The zero-order valence-electron chi connectivity index (χ0n) is 20.6. The number of aliphatic carboxylic acids is 1. The van der Waals surface area contributed by atoms with E-state index < -0.39 is 23.5 Å². The number of benzene rings is 2. The molecule has 1 aliphatic rings. The molecular formula is C26H30N4O6. The molecule has 2 heterocycles. The molecule has 1 aliphatic heterocycles. The van der Waals surface area contributed by atoms with Gasteiger partial charge in [-0.2, -0.15) is 5.10 Å². The largest absolute Gasteiger partial charge is 0.496 e. The number of aromatic nitrogens is 3. The van der Waals surface area contributed by atoms with Gasteiger partial charge in [-0.05, 0) is 48.6 Å². The lowest BCUT2D eigenvalue weighted by Gasteiger charge is -2.24. The highest BCUT2D eigenvalue weighted by Crippen LogP contribution is 2.40. The van der Waals surface area contributed by atoms with Gasteiger partial charge in [-0.15, -0.1) is 0 Å². The third-order valence-corrected chi connectivity index (χ3v) is 6.36. The first-order valence-corrected chi connectivity index (χ1v) is 11.7. The summed E-state index contributed by atoms with van der Waals surface area (Å²) in [4.78, 5) is 28.5. The van der Waals surface area contributed by atoms with Gasteiger partial charge in [0.1, 0.15) is 35.8 Å². The summed E-state index contributed by atoms with van der Waals surface area (Å²) >= 11 is 0. The maximum Gasteiger partial charge on any atom is 0.326 e. The van der Waals surface area contributed by atoms with E-state index in [1.807, 2.05) is 36.4 Å². The van der Waals surface area contributed by atoms with Gasteiger partial charge in [0, 0.05) is 13.0 Å². The molecule has 1 amide bonds. The maximum atomic E-state index is 12.6. The molecule has 1 aromatic heterocycles. The van der Waals surface area contributed by atoms with Crippen molar-refractivity contribution < 1.29 is 28.9 Å². The number of carboxylic acids is 1. The van der Waals surface area contributed by atoms with Crippen molar-refractivity contribution in [3.8, 4) is 22.6 Å². The third-order valence-electron chi connectivity index (χ3n) is 6.36. The van der Waals surface area contributed by atoms with Gasteiger partial charge >= 0.3 is 5.97 Å². The van der Waals surface area contributed by atoms with Crippen LogP contribution in [0, 0.1) is 0 Å². The van der Waals surface area contributed by atoms with Crippen LogP contribution in [0.3, 0.4) is 0 Å². The normalized spacial score (nSPS) is 18.0. The van der Waals surface area contributed by atoms with Crippen LogP contribution in [0.4, 0.5) is 0 Å². The van der Waals surface area contributed by atoms with Crippen LogP contribution >= 0.6 is 0 Å². The summed E-state index contributed by atoms with van der Waals surface area (Å²) in [7, 11) is 3.20. The predicted molar refractivity (Wildman–Crippen MR) is 131 cm³/mol. The Morgan fingerprint density at radius 2 is 1.86 bits per heavy atom. The Morgan fingerprint density at radius 1 is 1.17 bits per heavy atom. The number of rotatable bonds is 10. The molecule has 0 spiro atoms. The highest BCUT2D eigenvalue weighted by molar-refractivity contribution is 5.89. The second kappa shape index (κ2) is 10.8. The number of hydrogen-bond acceptors (Lipinski definition) is 7. The van der Waals surface area contributed by atoms with Crippen molar-refractivity contribution in [3.05, 3.63) is 60.2 Å². The van der Waals surface area contributed by atoms with Crippen molar-refractivity contribution >= 4 is 11.9 Å². The second-order valence-corrected chi connectivity index (χ2v) is 8.92.